The predicted molar refractivity (Wildman–Crippen MR) is 136 cm³/mol. The van der Waals surface area contributed by atoms with Crippen molar-refractivity contribution in [3.8, 4) is 6.07 Å². The average Bonchev–Trinajstić information content (AvgIpc) is 2.79. The Morgan fingerprint density at radius 1 is 1.11 bits per heavy atom. The Morgan fingerprint density at radius 2 is 1.71 bits per heavy atom. The van der Waals surface area contributed by atoms with Crippen LogP contribution in [-0.4, -0.2) is 29.7 Å². The standard InChI is InChI=1S/C27H25Cl2N3O3/c1-27(2,3)35-26(33)32-14-18(12-16-4-8-19(28)9-5-16)24-22(15-32)23(21(13-30)25(31)34-24)17-6-10-20(29)11-7-17/h4-12,23H,14-15,31H2,1-3H3/b18-12-/t23-/m1/s1. The largest absolute Gasteiger partial charge is 0.444 e. The average molecular weight is 510 g/mol. The lowest BCUT2D eigenvalue weighted by Crippen LogP contribution is -2.43. The second-order valence-corrected chi connectivity index (χ2v) is 10.3. The number of hydrogen-bond donors (Lipinski definition) is 1. The van der Waals surface area contributed by atoms with Crippen LogP contribution < -0.4 is 5.73 Å². The van der Waals surface area contributed by atoms with E-state index in [1.54, 1.807) is 29.2 Å². The maximum Gasteiger partial charge on any atom is 0.410 e. The molecule has 1 atom stereocenters. The van der Waals surface area contributed by atoms with Crippen molar-refractivity contribution in [2.45, 2.75) is 32.3 Å². The monoisotopic (exact) mass is 509 g/mol. The molecule has 0 fully saturated rings. The molecule has 0 spiro atoms. The lowest BCUT2D eigenvalue weighted by atomic mass is 9.80. The number of rotatable bonds is 2. The summed E-state index contributed by atoms with van der Waals surface area (Å²) in [5, 5.41) is 11.1. The minimum atomic E-state index is -0.660. The fraction of sp³-hybridized carbons (Fsp3) is 0.259. The van der Waals surface area contributed by atoms with Crippen molar-refractivity contribution in [2.24, 2.45) is 5.73 Å². The van der Waals surface area contributed by atoms with Gasteiger partial charge in [0, 0.05) is 21.2 Å². The van der Waals surface area contributed by atoms with Gasteiger partial charge in [-0.3, -0.25) is 4.90 Å². The van der Waals surface area contributed by atoms with E-state index in [2.05, 4.69) is 6.07 Å². The Balaban J connectivity index is 1.86. The van der Waals surface area contributed by atoms with Crippen molar-refractivity contribution in [2.75, 3.05) is 13.1 Å². The number of nitrogens with zero attached hydrogens (tertiary/aromatic N) is 2. The summed E-state index contributed by atoms with van der Waals surface area (Å²) in [6, 6.07) is 16.7. The van der Waals surface area contributed by atoms with Gasteiger partial charge in [-0.2, -0.15) is 5.26 Å². The number of benzene rings is 2. The summed E-state index contributed by atoms with van der Waals surface area (Å²) in [6.45, 7) is 5.93. The van der Waals surface area contributed by atoms with E-state index in [9.17, 15) is 10.1 Å². The van der Waals surface area contributed by atoms with Gasteiger partial charge in [0.2, 0.25) is 5.88 Å². The summed E-state index contributed by atoms with van der Waals surface area (Å²) in [6.07, 6.45) is 1.47. The van der Waals surface area contributed by atoms with Gasteiger partial charge in [0.05, 0.1) is 19.0 Å². The Kier molecular flexibility index (Phi) is 6.84. The summed E-state index contributed by atoms with van der Waals surface area (Å²) in [5.74, 6) is 0.0926. The number of nitriles is 1. The van der Waals surface area contributed by atoms with E-state index in [4.69, 9.17) is 38.4 Å². The first-order valence-corrected chi connectivity index (χ1v) is 11.8. The summed E-state index contributed by atoms with van der Waals surface area (Å²) < 4.78 is 11.7. The van der Waals surface area contributed by atoms with E-state index < -0.39 is 17.6 Å². The van der Waals surface area contributed by atoms with Gasteiger partial charge in [-0.25, -0.2) is 4.79 Å². The van der Waals surface area contributed by atoms with Crippen LogP contribution in [0.2, 0.25) is 10.0 Å². The van der Waals surface area contributed by atoms with Crippen LogP contribution in [0.3, 0.4) is 0 Å². The molecule has 6 nitrogen and oxygen atoms in total. The molecule has 2 aromatic carbocycles. The van der Waals surface area contributed by atoms with E-state index in [1.807, 2.05) is 51.1 Å². The number of allylic oxidation sites excluding steroid dienone is 1. The zero-order valence-electron chi connectivity index (χ0n) is 19.6. The van der Waals surface area contributed by atoms with E-state index in [0.29, 0.717) is 15.8 Å². The van der Waals surface area contributed by atoms with Crippen molar-refractivity contribution in [3.05, 3.63) is 98.1 Å². The van der Waals surface area contributed by atoms with Gasteiger partial charge in [-0.1, -0.05) is 47.5 Å². The third-order valence-electron chi connectivity index (χ3n) is 5.61. The lowest BCUT2D eigenvalue weighted by molar-refractivity contribution is 0.0267. The molecule has 8 heteroatoms. The first-order chi connectivity index (χ1) is 16.6. The maximum atomic E-state index is 13.1. The number of carbonyl (C=O) groups is 1. The fourth-order valence-corrected chi connectivity index (χ4v) is 4.37. The van der Waals surface area contributed by atoms with Crippen molar-refractivity contribution < 1.29 is 14.3 Å². The van der Waals surface area contributed by atoms with E-state index in [1.165, 1.54) is 0 Å². The third kappa shape index (κ3) is 5.48. The molecule has 0 aliphatic carbocycles. The van der Waals surface area contributed by atoms with Gasteiger partial charge in [-0.05, 0) is 62.2 Å². The van der Waals surface area contributed by atoms with E-state index in [-0.39, 0.29) is 24.5 Å². The molecule has 0 aromatic heterocycles. The Labute approximate surface area is 214 Å². The zero-order chi connectivity index (χ0) is 25.3. The first-order valence-electron chi connectivity index (χ1n) is 11.1. The Bertz CT molecular complexity index is 1280. The quantitative estimate of drug-likeness (QED) is 0.506. The van der Waals surface area contributed by atoms with Crippen molar-refractivity contribution in [1.29, 1.82) is 5.26 Å². The summed E-state index contributed by atoms with van der Waals surface area (Å²) in [4.78, 5) is 14.7. The van der Waals surface area contributed by atoms with Crippen LogP contribution in [0, 0.1) is 11.3 Å². The second-order valence-electron chi connectivity index (χ2n) is 9.39. The van der Waals surface area contributed by atoms with Gasteiger partial charge in [0.15, 0.2) is 0 Å². The van der Waals surface area contributed by atoms with Gasteiger partial charge < -0.3 is 15.2 Å². The fourth-order valence-electron chi connectivity index (χ4n) is 4.12. The van der Waals surface area contributed by atoms with Gasteiger partial charge in [0.1, 0.15) is 23.0 Å². The van der Waals surface area contributed by atoms with Crippen LogP contribution >= 0.6 is 23.2 Å². The highest BCUT2D eigenvalue weighted by Gasteiger charge is 2.39. The highest BCUT2D eigenvalue weighted by molar-refractivity contribution is 6.30. The van der Waals surface area contributed by atoms with Gasteiger partial charge >= 0.3 is 6.09 Å². The normalized spacial score (nSPS) is 19.3. The number of halogens is 2. The molecule has 35 heavy (non-hydrogen) atoms. The van der Waals surface area contributed by atoms with Crippen LogP contribution in [-0.2, 0) is 9.47 Å². The van der Waals surface area contributed by atoms with Crippen molar-refractivity contribution >= 4 is 35.4 Å². The molecular formula is C27H25Cl2N3O3. The molecule has 1 amide bonds. The Hall–Kier alpha value is -3.40. The molecule has 2 heterocycles. The number of carbonyl (C=O) groups excluding carboxylic acids is 1. The molecule has 2 N–H and O–H groups in total. The molecule has 2 aliphatic heterocycles. The number of amides is 1. The maximum absolute atomic E-state index is 13.1. The summed E-state index contributed by atoms with van der Waals surface area (Å²) >= 11 is 12.2. The number of ether oxygens (including phenoxy) is 2. The molecule has 0 saturated carbocycles. The number of nitrogens with two attached hydrogens (primary N) is 1. The molecule has 0 radical (unpaired) electrons. The lowest BCUT2D eigenvalue weighted by Gasteiger charge is -2.38. The first kappa shape index (κ1) is 24.7. The van der Waals surface area contributed by atoms with Crippen LogP contribution in [0.15, 0.2) is 76.9 Å². The van der Waals surface area contributed by atoms with Crippen LogP contribution in [0.4, 0.5) is 4.79 Å². The molecule has 2 aromatic rings. The molecule has 2 aliphatic rings. The minimum absolute atomic E-state index is 0.0407. The van der Waals surface area contributed by atoms with Crippen LogP contribution in [0.5, 0.6) is 0 Å². The van der Waals surface area contributed by atoms with Crippen molar-refractivity contribution in [1.82, 2.24) is 4.90 Å². The highest BCUT2D eigenvalue weighted by atomic mass is 35.5. The molecule has 0 unspecified atom stereocenters. The topological polar surface area (TPSA) is 88.6 Å². The highest BCUT2D eigenvalue weighted by Crippen LogP contribution is 2.44. The van der Waals surface area contributed by atoms with Gasteiger partial charge in [-0.15, -0.1) is 0 Å². The summed E-state index contributed by atoms with van der Waals surface area (Å²) in [7, 11) is 0. The zero-order valence-corrected chi connectivity index (χ0v) is 21.2. The smallest absolute Gasteiger partial charge is 0.410 e. The second kappa shape index (κ2) is 9.69. The van der Waals surface area contributed by atoms with E-state index >= 15 is 0 Å². The Morgan fingerprint density at radius 3 is 2.29 bits per heavy atom. The molecule has 0 saturated heterocycles. The van der Waals surface area contributed by atoms with E-state index in [0.717, 1.165) is 22.3 Å². The minimum Gasteiger partial charge on any atom is -0.444 e. The van der Waals surface area contributed by atoms with Gasteiger partial charge in [0.25, 0.3) is 0 Å². The summed E-state index contributed by atoms with van der Waals surface area (Å²) in [5.41, 5.74) is 9.03. The molecule has 0 bridgehead atoms. The SMILES string of the molecule is CC(C)(C)OC(=O)N1CC2=C(OC(N)=C(C#N)[C@H]2c2ccc(Cl)cc2)/C(=C\c2ccc(Cl)cc2)C1. The molecular weight excluding hydrogens is 485 g/mol. The molecule has 180 valence electrons. The number of hydrogen-bond acceptors (Lipinski definition) is 5. The van der Waals surface area contributed by atoms with Crippen LogP contribution in [0.25, 0.3) is 6.08 Å². The van der Waals surface area contributed by atoms with Crippen LogP contribution in [0.1, 0.15) is 37.8 Å². The van der Waals surface area contributed by atoms with Crippen molar-refractivity contribution in [3.63, 3.8) is 0 Å². The predicted octanol–water partition coefficient (Wildman–Crippen LogP) is 6.39. The molecule has 4 rings (SSSR count). The third-order valence-corrected chi connectivity index (χ3v) is 6.11.